The second kappa shape index (κ2) is 6.48. The highest BCUT2D eigenvalue weighted by Crippen LogP contribution is 2.21. The minimum atomic E-state index is -0.435. The molecule has 22 heavy (non-hydrogen) atoms. The van der Waals surface area contributed by atoms with Crippen molar-refractivity contribution in [2.75, 3.05) is 20.1 Å². The van der Waals surface area contributed by atoms with Crippen molar-refractivity contribution in [3.05, 3.63) is 17.5 Å². The highest BCUT2D eigenvalue weighted by Gasteiger charge is 2.31. The van der Waals surface area contributed by atoms with E-state index in [4.69, 9.17) is 0 Å². The number of hydrogen-bond acceptors (Lipinski definition) is 4. The predicted octanol–water partition coefficient (Wildman–Crippen LogP) is 0.144. The Kier molecular flexibility index (Phi) is 4.85. The van der Waals surface area contributed by atoms with Crippen molar-refractivity contribution in [1.82, 2.24) is 25.7 Å². The SMILES string of the molecule is CNC(=O)CC1C(=O)NCCN1Cc1cc(C(C)(C)C)n[nH]1. The molecule has 1 atom stereocenters. The van der Waals surface area contributed by atoms with Gasteiger partial charge in [-0.1, -0.05) is 20.8 Å². The summed E-state index contributed by atoms with van der Waals surface area (Å²) in [5.74, 6) is -0.225. The molecule has 2 rings (SSSR count). The van der Waals surface area contributed by atoms with Gasteiger partial charge in [0.25, 0.3) is 0 Å². The monoisotopic (exact) mass is 307 g/mol. The quantitative estimate of drug-likeness (QED) is 0.738. The first-order valence-corrected chi connectivity index (χ1v) is 7.58. The lowest BCUT2D eigenvalue weighted by Crippen LogP contribution is -2.56. The van der Waals surface area contributed by atoms with Crippen LogP contribution in [0.25, 0.3) is 0 Å². The maximum atomic E-state index is 12.1. The van der Waals surface area contributed by atoms with Gasteiger partial charge in [0.15, 0.2) is 0 Å². The van der Waals surface area contributed by atoms with E-state index in [9.17, 15) is 9.59 Å². The van der Waals surface area contributed by atoms with E-state index in [1.165, 1.54) is 0 Å². The van der Waals surface area contributed by atoms with E-state index in [0.29, 0.717) is 13.1 Å². The van der Waals surface area contributed by atoms with Gasteiger partial charge in [-0.25, -0.2) is 0 Å². The molecule has 0 saturated carbocycles. The van der Waals surface area contributed by atoms with Crippen molar-refractivity contribution < 1.29 is 9.59 Å². The molecule has 1 unspecified atom stereocenters. The van der Waals surface area contributed by atoms with Crippen LogP contribution in [0.4, 0.5) is 0 Å². The predicted molar refractivity (Wildman–Crippen MR) is 83.2 cm³/mol. The first kappa shape index (κ1) is 16.5. The van der Waals surface area contributed by atoms with Crippen molar-refractivity contribution in [2.45, 2.75) is 45.2 Å². The normalized spacial score (nSPS) is 19.8. The molecule has 2 heterocycles. The van der Waals surface area contributed by atoms with Gasteiger partial charge in [-0.2, -0.15) is 5.10 Å². The molecule has 0 radical (unpaired) electrons. The fourth-order valence-corrected chi connectivity index (χ4v) is 2.50. The van der Waals surface area contributed by atoms with Crippen LogP contribution in [0.3, 0.4) is 0 Å². The number of piperazine rings is 1. The number of rotatable bonds is 4. The van der Waals surface area contributed by atoms with Gasteiger partial charge in [0.2, 0.25) is 11.8 Å². The van der Waals surface area contributed by atoms with E-state index in [2.05, 4.69) is 41.6 Å². The maximum absolute atomic E-state index is 12.1. The van der Waals surface area contributed by atoms with Crippen molar-refractivity contribution in [1.29, 1.82) is 0 Å². The average molecular weight is 307 g/mol. The van der Waals surface area contributed by atoms with Gasteiger partial charge in [0.05, 0.1) is 18.2 Å². The number of aromatic amines is 1. The second-order valence-corrected chi connectivity index (χ2v) is 6.68. The number of amides is 2. The zero-order chi connectivity index (χ0) is 16.3. The summed E-state index contributed by atoms with van der Waals surface area (Å²) >= 11 is 0. The largest absolute Gasteiger partial charge is 0.359 e. The van der Waals surface area contributed by atoms with E-state index >= 15 is 0 Å². The number of carbonyl (C=O) groups excluding carboxylic acids is 2. The van der Waals surface area contributed by atoms with Crippen LogP contribution in [0.1, 0.15) is 38.6 Å². The Balaban J connectivity index is 2.09. The van der Waals surface area contributed by atoms with Crippen LogP contribution in [0, 0.1) is 0 Å². The summed E-state index contributed by atoms with van der Waals surface area (Å²) in [6.07, 6.45) is 0.169. The highest BCUT2D eigenvalue weighted by atomic mass is 16.2. The Bertz CT molecular complexity index is 546. The third-order valence-corrected chi connectivity index (χ3v) is 3.87. The van der Waals surface area contributed by atoms with Crippen LogP contribution >= 0.6 is 0 Å². The van der Waals surface area contributed by atoms with Crippen LogP contribution in [0.5, 0.6) is 0 Å². The molecule has 7 heteroatoms. The Hall–Kier alpha value is -1.89. The third kappa shape index (κ3) is 3.85. The van der Waals surface area contributed by atoms with Gasteiger partial charge in [-0.15, -0.1) is 0 Å². The van der Waals surface area contributed by atoms with Crippen LogP contribution < -0.4 is 10.6 Å². The van der Waals surface area contributed by atoms with E-state index in [-0.39, 0.29) is 23.7 Å². The lowest BCUT2D eigenvalue weighted by atomic mass is 9.92. The van der Waals surface area contributed by atoms with Crippen LogP contribution in [-0.2, 0) is 21.5 Å². The van der Waals surface area contributed by atoms with Gasteiger partial charge in [-0.3, -0.25) is 19.6 Å². The molecule has 1 aromatic heterocycles. The summed E-state index contributed by atoms with van der Waals surface area (Å²) in [7, 11) is 1.58. The smallest absolute Gasteiger partial charge is 0.237 e. The minimum Gasteiger partial charge on any atom is -0.359 e. The van der Waals surface area contributed by atoms with E-state index in [0.717, 1.165) is 17.9 Å². The molecule has 0 aliphatic carbocycles. The van der Waals surface area contributed by atoms with E-state index in [1.807, 2.05) is 11.0 Å². The van der Waals surface area contributed by atoms with Gasteiger partial charge < -0.3 is 10.6 Å². The lowest BCUT2D eigenvalue weighted by molar-refractivity contribution is -0.134. The first-order valence-electron chi connectivity index (χ1n) is 7.58. The first-order chi connectivity index (χ1) is 10.3. The number of carbonyl (C=O) groups is 2. The molecule has 1 aromatic rings. The molecular formula is C15H25N5O2. The van der Waals surface area contributed by atoms with Gasteiger partial charge in [0.1, 0.15) is 0 Å². The van der Waals surface area contributed by atoms with Crippen molar-refractivity contribution in [3.63, 3.8) is 0 Å². The molecule has 1 fully saturated rings. The van der Waals surface area contributed by atoms with E-state index < -0.39 is 6.04 Å². The van der Waals surface area contributed by atoms with Crippen LogP contribution in [-0.4, -0.2) is 53.1 Å². The maximum Gasteiger partial charge on any atom is 0.237 e. The minimum absolute atomic E-state index is 0.0183. The molecule has 1 aliphatic heterocycles. The van der Waals surface area contributed by atoms with Gasteiger partial charge in [-0.05, 0) is 6.07 Å². The van der Waals surface area contributed by atoms with Crippen molar-refractivity contribution >= 4 is 11.8 Å². The highest BCUT2D eigenvalue weighted by molar-refractivity contribution is 5.88. The summed E-state index contributed by atoms with van der Waals surface area (Å²) in [4.78, 5) is 25.7. The fraction of sp³-hybridized carbons (Fsp3) is 0.667. The summed E-state index contributed by atoms with van der Waals surface area (Å²) in [6, 6.07) is 1.60. The standard InChI is InChI=1S/C15H25N5O2/c1-15(2,3)12-7-10(18-19-12)9-20-6-5-17-14(22)11(20)8-13(21)16-4/h7,11H,5-6,8-9H2,1-4H3,(H,16,21)(H,17,22)(H,18,19). The fourth-order valence-electron chi connectivity index (χ4n) is 2.50. The van der Waals surface area contributed by atoms with Gasteiger partial charge >= 0.3 is 0 Å². The summed E-state index contributed by atoms with van der Waals surface area (Å²) in [6.45, 7) is 8.22. The molecule has 1 aliphatic rings. The summed E-state index contributed by atoms with van der Waals surface area (Å²) < 4.78 is 0. The molecule has 122 valence electrons. The van der Waals surface area contributed by atoms with E-state index in [1.54, 1.807) is 7.05 Å². The number of H-pyrrole nitrogens is 1. The average Bonchev–Trinajstić information content (AvgIpc) is 2.91. The Labute approximate surface area is 130 Å². The van der Waals surface area contributed by atoms with Crippen LogP contribution in [0.15, 0.2) is 6.07 Å². The Morgan fingerprint density at radius 3 is 2.82 bits per heavy atom. The zero-order valence-electron chi connectivity index (χ0n) is 13.7. The second-order valence-electron chi connectivity index (χ2n) is 6.68. The molecular weight excluding hydrogens is 282 g/mol. The molecule has 0 aromatic carbocycles. The molecule has 1 saturated heterocycles. The topological polar surface area (TPSA) is 90.1 Å². The third-order valence-electron chi connectivity index (χ3n) is 3.87. The molecule has 0 spiro atoms. The Morgan fingerprint density at radius 1 is 1.50 bits per heavy atom. The molecule has 0 bridgehead atoms. The summed E-state index contributed by atoms with van der Waals surface area (Å²) in [5.41, 5.74) is 1.93. The lowest BCUT2D eigenvalue weighted by Gasteiger charge is -2.34. The molecule has 7 nitrogen and oxygen atoms in total. The number of hydrogen-bond donors (Lipinski definition) is 3. The Morgan fingerprint density at radius 2 is 2.23 bits per heavy atom. The number of aromatic nitrogens is 2. The number of nitrogens with one attached hydrogen (secondary N) is 3. The zero-order valence-corrected chi connectivity index (χ0v) is 13.7. The van der Waals surface area contributed by atoms with Crippen molar-refractivity contribution in [2.24, 2.45) is 0 Å². The summed E-state index contributed by atoms with van der Waals surface area (Å²) in [5, 5.41) is 12.8. The van der Waals surface area contributed by atoms with Crippen LogP contribution in [0.2, 0.25) is 0 Å². The molecule has 2 amide bonds. The number of nitrogens with zero attached hydrogens (tertiary/aromatic N) is 2. The van der Waals surface area contributed by atoms with Crippen molar-refractivity contribution in [3.8, 4) is 0 Å². The molecule has 3 N–H and O–H groups in total. The van der Waals surface area contributed by atoms with Gasteiger partial charge in [0, 0.05) is 37.8 Å².